The molecule has 0 fully saturated rings. The molecule has 0 heterocycles. The van der Waals surface area contributed by atoms with Crippen LogP contribution in [0.4, 0.5) is 0 Å². The maximum atomic E-state index is 10.9. The number of methoxy groups -OCH3 is 3. The molecule has 1 N–H and O–H groups in total. The first-order valence-electron chi connectivity index (χ1n) is 3.43. The first-order valence-corrected chi connectivity index (χ1v) is 3.43. The molecular weight excluding hydrogens is 180 g/mol. The molecule has 1 unspecified atom stereocenters. The van der Waals surface area contributed by atoms with E-state index in [-0.39, 0.29) is 0 Å². The van der Waals surface area contributed by atoms with Gasteiger partial charge in [0.15, 0.2) is 0 Å². The summed E-state index contributed by atoms with van der Waals surface area (Å²) in [7, 11) is 3.29. The highest BCUT2D eigenvalue weighted by Gasteiger charge is 2.40. The third kappa shape index (κ3) is 3.00. The van der Waals surface area contributed by atoms with Gasteiger partial charge in [-0.2, -0.15) is 0 Å². The van der Waals surface area contributed by atoms with Crippen LogP contribution in [0.2, 0.25) is 0 Å². The fourth-order valence-corrected chi connectivity index (χ4v) is 0.655. The van der Waals surface area contributed by atoms with Crippen molar-refractivity contribution in [1.82, 2.24) is 0 Å². The zero-order valence-corrected chi connectivity index (χ0v) is 7.70. The topological polar surface area (TPSA) is 82.1 Å². The number of esters is 2. The zero-order valence-electron chi connectivity index (χ0n) is 7.70. The monoisotopic (exact) mass is 192 g/mol. The van der Waals surface area contributed by atoms with Gasteiger partial charge >= 0.3 is 11.9 Å². The van der Waals surface area contributed by atoms with Crippen LogP contribution < -0.4 is 0 Å². The second-order valence-corrected chi connectivity index (χ2v) is 2.23. The fourth-order valence-electron chi connectivity index (χ4n) is 0.655. The maximum absolute atomic E-state index is 10.9. The molecule has 0 aromatic carbocycles. The van der Waals surface area contributed by atoms with Crippen LogP contribution in [0.25, 0.3) is 0 Å². The minimum Gasteiger partial charge on any atom is -0.469 e. The molecule has 0 aromatic heterocycles. The van der Waals surface area contributed by atoms with Gasteiger partial charge in [-0.05, 0) is 0 Å². The quantitative estimate of drug-likeness (QED) is 0.457. The third-order valence-corrected chi connectivity index (χ3v) is 1.45. The van der Waals surface area contributed by atoms with Crippen LogP contribution >= 0.6 is 0 Å². The van der Waals surface area contributed by atoms with Crippen LogP contribution in [0.3, 0.4) is 0 Å². The second-order valence-electron chi connectivity index (χ2n) is 2.23. The molecule has 0 aromatic rings. The van der Waals surface area contributed by atoms with Crippen molar-refractivity contribution in [1.29, 1.82) is 0 Å². The Labute approximate surface area is 75.4 Å². The molecule has 0 radical (unpaired) electrons. The van der Waals surface area contributed by atoms with Crippen molar-refractivity contribution in [2.24, 2.45) is 0 Å². The smallest absolute Gasteiger partial charge is 0.367 e. The highest BCUT2D eigenvalue weighted by atomic mass is 16.7. The average Bonchev–Trinajstić information content (AvgIpc) is 2.15. The van der Waals surface area contributed by atoms with Crippen LogP contribution in [0, 0.1) is 0 Å². The Morgan fingerprint density at radius 1 is 1.23 bits per heavy atom. The molecule has 6 nitrogen and oxygen atoms in total. The summed E-state index contributed by atoms with van der Waals surface area (Å²) >= 11 is 0. The molecule has 0 saturated heterocycles. The van der Waals surface area contributed by atoms with E-state index < -0.39 is 24.1 Å². The van der Waals surface area contributed by atoms with Crippen molar-refractivity contribution in [2.75, 3.05) is 21.3 Å². The fraction of sp³-hybridized carbons (Fsp3) is 0.714. The van der Waals surface area contributed by atoms with Gasteiger partial charge in [0.05, 0.1) is 14.2 Å². The van der Waals surface area contributed by atoms with Gasteiger partial charge in [-0.15, -0.1) is 0 Å². The van der Waals surface area contributed by atoms with Crippen molar-refractivity contribution in [2.45, 2.75) is 12.2 Å². The van der Waals surface area contributed by atoms with Gasteiger partial charge in [-0.1, -0.05) is 0 Å². The molecule has 0 amide bonds. The number of carbonyl (C=O) groups is 2. The third-order valence-electron chi connectivity index (χ3n) is 1.45. The van der Waals surface area contributed by atoms with Crippen molar-refractivity contribution in [3.8, 4) is 0 Å². The van der Waals surface area contributed by atoms with E-state index in [2.05, 4.69) is 14.2 Å². The molecule has 0 aliphatic rings. The SMILES string of the molecule is COC(=O)CC(O)(OC)C(=O)OC. The van der Waals surface area contributed by atoms with E-state index in [0.717, 1.165) is 21.3 Å². The van der Waals surface area contributed by atoms with Crippen molar-refractivity contribution >= 4 is 11.9 Å². The lowest BCUT2D eigenvalue weighted by Crippen LogP contribution is -2.43. The molecule has 76 valence electrons. The highest BCUT2D eigenvalue weighted by molar-refractivity contribution is 5.84. The Kier molecular flexibility index (Phi) is 4.36. The standard InChI is InChI=1S/C7H12O6/c1-11-5(8)4-7(10,13-3)6(9)12-2/h10H,4H2,1-3H3. The highest BCUT2D eigenvalue weighted by Crippen LogP contribution is 2.13. The van der Waals surface area contributed by atoms with E-state index in [4.69, 9.17) is 0 Å². The summed E-state index contributed by atoms with van der Waals surface area (Å²) in [6, 6.07) is 0. The van der Waals surface area contributed by atoms with Gasteiger partial charge in [0.2, 0.25) is 0 Å². The predicted molar refractivity (Wildman–Crippen MR) is 40.6 cm³/mol. The minimum absolute atomic E-state index is 0.604. The van der Waals surface area contributed by atoms with Gasteiger partial charge in [-0.3, -0.25) is 4.79 Å². The Bertz CT molecular complexity index is 201. The van der Waals surface area contributed by atoms with Gasteiger partial charge in [-0.25, -0.2) is 4.79 Å². The molecule has 0 bridgehead atoms. The van der Waals surface area contributed by atoms with Crippen molar-refractivity contribution < 1.29 is 28.9 Å². The lowest BCUT2D eigenvalue weighted by atomic mass is 10.2. The second kappa shape index (κ2) is 4.78. The Hall–Kier alpha value is -1.14. The number of hydrogen-bond donors (Lipinski definition) is 1. The number of carbonyl (C=O) groups excluding carboxylic acids is 2. The summed E-state index contributed by atoms with van der Waals surface area (Å²) in [5.74, 6) is -4.07. The summed E-state index contributed by atoms with van der Waals surface area (Å²) in [6.45, 7) is 0. The molecule has 0 spiro atoms. The van der Waals surface area contributed by atoms with Crippen LogP contribution in [-0.2, 0) is 23.8 Å². The van der Waals surface area contributed by atoms with E-state index in [1.165, 1.54) is 0 Å². The normalized spacial score (nSPS) is 14.5. The summed E-state index contributed by atoms with van der Waals surface area (Å²) in [4.78, 5) is 21.6. The summed E-state index contributed by atoms with van der Waals surface area (Å²) in [5.41, 5.74) is 0. The lowest BCUT2D eigenvalue weighted by molar-refractivity contribution is -0.222. The lowest BCUT2D eigenvalue weighted by Gasteiger charge is -2.21. The number of rotatable bonds is 4. The first kappa shape index (κ1) is 11.9. The Morgan fingerprint density at radius 3 is 2.08 bits per heavy atom. The van der Waals surface area contributed by atoms with Crippen LogP contribution in [0.15, 0.2) is 0 Å². The Morgan fingerprint density at radius 2 is 1.77 bits per heavy atom. The van der Waals surface area contributed by atoms with E-state index in [0.29, 0.717) is 0 Å². The summed E-state index contributed by atoms with van der Waals surface area (Å²) in [6.07, 6.45) is -0.604. The molecule has 0 rings (SSSR count). The Balaban J connectivity index is 4.45. The number of ether oxygens (including phenoxy) is 3. The molecule has 6 heteroatoms. The van der Waals surface area contributed by atoms with Crippen molar-refractivity contribution in [3.63, 3.8) is 0 Å². The van der Waals surface area contributed by atoms with Gasteiger partial charge in [0.25, 0.3) is 5.79 Å². The number of aliphatic hydroxyl groups is 1. The van der Waals surface area contributed by atoms with Crippen LogP contribution in [0.5, 0.6) is 0 Å². The summed E-state index contributed by atoms with van der Waals surface area (Å²) in [5, 5.41) is 9.39. The van der Waals surface area contributed by atoms with Crippen LogP contribution in [0.1, 0.15) is 6.42 Å². The predicted octanol–water partition coefficient (Wildman–Crippen LogP) is -0.943. The maximum Gasteiger partial charge on any atom is 0.367 e. The van der Waals surface area contributed by atoms with E-state index in [1.807, 2.05) is 0 Å². The molecule has 0 aliphatic carbocycles. The van der Waals surface area contributed by atoms with Crippen molar-refractivity contribution in [3.05, 3.63) is 0 Å². The molecule has 0 saturated carbocycles. The van der Waals surface area contributed by atoms with E-state index in [1.54, 1.807) is 0 Å². The minimum atomic E-state index is -2.26. The van der Waals surface area contributed by atoms with Gasteiger partial charge in [0, 0.05) is 7.11 Å². The summed E-state index contributed by atoms with van der Waals surface area (Å²) < 4.78 is 12.9. The average molecular weight is 192 g/mol. The zero-order chi connectivity index (χ0) is 10.5. The molecule has 0 aliphatic heterocycles. The van der Waals surface area contributed by atoms with Gasteiger partial charge in [0.1, 0.15) is 6.42 Å². The van der Waals surface area contributed by atoms with E-state index >= 15 is 0 Å². The van der Waals surface area contributed by atoms with Gasteiger partial charge < -0.3 is 19.3 Å². The van der Waals surface area contributed by atoms with E-state index in [9.17, 15) is 14.7 Å². The molecular formula is C7H12O6. The largest absolute Gasteiger partial charge is 0.469 e. The molecule has 13 heavy (non-hydrogen) atoms. The molecule has 1 atom stereocenters. The first-order chi connectivity index (χ1) is 6.00. The number of hydrogen-bond acceptors (Lipinski definition) is 6. The van der Waals surface area contributed by atoms with Crippen LogP contribution in [-0.4, -0.2) is 44.2 Å².